The Morgan fingerprint density at radius 1 is 1.59 bits per heavy atom. The van der Waals surface area contributed by atoms with Crippen LogP contribution in [0.1, 0.15) is 6.92 Å². The molecule has 0 saturated heterocycles. The summed E-state index contributed by atoms with van der Waals surface area (Å²) in [5.41, 5.74) is 5.43. The second-order valence-electron chi connectivity index (χ2n) is 3.32. The van der Waals surface area contributed by atoms with E-state index in [9.17, 15) is 10.1 Å². The minimum Gasteiger partial charge on any atom is -0.481 e. The molecule has 0 saturated carbocycles. The topological polar surface area (TPSA) is 94.5 Å². The maximum atomic E-state index is 10.9. The van der Waals surface area contributed by atoms with E-state index in [1.807, 2.05) is 6.92 Å². The van der Waals surface area contributed by atoms with Crippen molar-refractivity contribution >= 4 is 11.5 Å². The van der Waals surface area contributed by atoms with Crippen LogP contribution in [0.15, 0.2) is 12.1 Å². The van der Waals surface area contributed by atoms with Crippen molar-refractivity contribution in [3.8, 4) is 5.88 Å². The quantitative estimate of drug-likeness (QED) is 0.583. The first-order valence-electron chi connectivity index (χ1n) is 5.28. The van der Waals surface area contributed by atoms with Crippen molar-refractivity contribution in [1.82, 2.24) is 4.98 Å². The molecule has 0 aliphatic rings. The molecule has 0 spiro atoms. The molecule has 7 nitrogen and oxygen atoms in total. The van der Waals surface area contributed by atoms with Crippen molar-refractivity contribution in [3.05, 3.63) is 22.2 Å². The molecule has 17 heavy (non-hydrogen) atoms. The van der Waals surface area contributed by atoms with Crippen molar-refractivity contribution in [3.63, 3.8) is 0 Å². The summed E-state index contributed by atoms with van der Waals surface area (Å²) >= 11 is 0. The van der Waals surface area contributed by atoms with Crippen molar-refractivity contribution in [2.45, 2.75) is 6.92 Å². The van der Waals surface area contributed by atoms with Crippen molar-refractivity contribution in [1.29, 1.82) is 0 Å². The average molecular weight is 240 g/mol. The molecule has 1 rings (SSSR count). The summed E-state index contributed by atoms with van der Waals surface area (Å²) in [6, 6.07) is 2.86. The van der Waals surface area contributed by atoms with Gasteiger partial charge < -0.3 is 15.4 Å². The number of likely N-dealkylation sites (N-methyl/N-ethyl adjacent to an activating group) is 1. The molecule has 0 aliphatic carbocycles. The second kappa shape index (κ2) is 6.00. The molecule has 0 aromatic carbocycles. The number of aromatic nitrogens is 1. The van der Waals surface area contributed by atoms with E-state index < -0.39 is 4.92 Å². The van der Waals surface area contributed by atoms with Crippen LogP contribution in [0, 0.1) is 10.1 Å². The van der Waals surface area contributed by atoms with Gasteiger partial charge in [0, 0.05) is 31.8 Å². The fourth-order valence-electron chi connectivity index (χ4n) is 1.48. The zero-order chi connectivity index (χ0) is 12.8. The highest BCUT2D eigenvalue weighted by Gasteiger charge is 2.20. The van der Waals surface area contributed by atoms with Gasteiger partial charge in [-0.25, -0.2) is 0 Å². The van der Waals surface area contributed by atoms with Gasteiger partial charge in [-0.15, -0.1) is 0 Å². The Morgan fingerprint density at radius 2 is 2.29 bits per heavy atom. The Labute approximate surface area is 99.3 Å². The maximum Gasteiger partial charge on any atom is 0.311 e. The van der Waals surface area contributed by atoms with Crippen LogP contribution in [0.3, 0.4) is 0 Å². The van der Waals surface area contributed by atoms with Gasteiger partial charge in [0.1, 0.15) is 0 Å². The summed E-state index contributed by atoms with van der Waals surface area (Å²) < 4.78 is 4.97. The molecule has 7 heteroatoms. The third-order valence-corrected chi connectivity index (χ3v) is 2.32. The fourth-order valence-corrected chi connectivity index (χ4v) is 1.48. The highest BCUT2D eigenvalue weighted by molar-refractivity contribution is 5.59. The molecule has 0 bridgehead atoms. The lowest BCUT2D eigenvalue weighted by Gasteiger charge is -2.20. The predicted molar refractivity (Wildman–Crippen MR) is 64.4 cm³/mol. The minimum atomic E-state index is -0.457. The van der Waals surface area contributed by atoms with E-state index in [0.29, 0.717) is 31.3 Å². The van der Waals surface area contributed by atoms with Crippen molar-refractivity contribution < 1.29 is 9.66 Å². The number of rotatable bonds is 6. The molecular weight excluding hydrogens is 224 g/mol. The van der Waals surface area contributed by atoms with Crippen LogP contribution in [0.25, 0.3) is 0 Å². The van der Waals surface area contributed by atoms with Gasteiger partial charge in [0.25, 0.3) is 0 Å². The number of hydrogen-bond donors (Lipinski definition) is 1. The van der Waals surface area contributed by atoms with E-state index >= 15 is 0 Å². The van der Waals surface area contributed by atoms with E-state index in [1.54, 1.807) is 4.90 Å². The molecule has 0 unspecified atom stereocenters. The second-order valence-corrected chi connectivity index (χ2v) is 3.32. The van der Waals surface area contributed by atoms with Crippen LogP contribution in [0.2, 0.25) is 0 Å². The molecule has 0 atom stereocenters. The van der Waals surface area contributed by atoms with Crippen LogP contribution in [0.4, 0.5) is 11.5 Å². The largest absolute Gasteiger partial charge is 0.481 e. The average Bonchev–Trinajstić information content (AvgIpc) is 2.35. The standard InChI is InChI=1S/C10H16N4O3/c1-3-13(7-6-11)10-8(14(15)16)4-5-9(12-10)17-2/h4-5H,3,6-7,11H2,1-2H3. The first-order valence-corrected chi connectivity index (χ1v) is 5.28. The SMILES string of the molecule is CCN(CCN)c1nc(OC)ccc1[N+](=O)[O-]. The number of methoxy groups -OCH3 is 1. The van der Waals surface area contributed by atoms with E-state index in [0.717, 1.165) is 0 Å². The summed E-state index contributed by atoms with van der Waals surface area (Å²) in [4.78, 5) is 16.3. The lowest BCUT2D eigenvalue weighted by Crippen LogP contribution is -2.30. The molecule has 0 radical (unpaired) electrons. The highest BCUT2D eigenvalue weighted by atomic mass is 16.6. The van der Waals surface area contributed by atoms with Crippen LogP contribution >= 0.6 is 0 Å². The lowest BCUT2D eigenvalue weighted by atomic mass is 10.3. The number of hydrogen-bond acceptors (Lipinski definition) is 6. The zero-order valence-corrected chi connectivity index (χ0v) is 9.92. The molecule has 2 N–H and O–H groups in total. The maximum absolute atomic E-state index is 10.9. The van der Waals surface area contributed by atoms with E-state index in [-0.39, 0.29) is 5.69 Å². The molecule has 94 valence electrons. The Bertz CT molecular complexity index is 397. The Kier molecular flexibility index (Phi) is 4.65. The fraction of sp³-hybridized carbons (Fsp3) is 0.500. The van der Waals surface area contributed by atoms with E-state index in [4.69, 9.17) is 10.5 Å². The predicted octanol–water partition coefficient (Wildman–Crippen LogP) is 0.783. The summed E-state index contributed by atoms with van der Waals surface area (Å²) in [6.07, 6.45) is 0. The Hall–Kier alpha value is -1.89. The molecule has 0 aliphatic heterocycles. The molecule has 1 aromatic rings. The highest BCUT2D eigenvalue weighted by Crippen LogP contribution is 2.27. The number of ether oxygens (including phenoxy) is 1. The van der Waals surface area contributed by atoms with Gasteiger partial charge in [-0.1, -0.05) is 0 Å². The van der Waals surface area contributed by atoms with Crippen molar-refractivity contribution in [2.24, 2.45) is 5.73 Å². The molecule has 0 fully saturated rings. The summed E-state index contributed by atoms with van der Waals surface area (Å²) in [6.45, 7) is 3.40. The number of pyridine rings is 1. The van der Waals surface area contributed by atoms with Gasteiger partial charge in [-0.3, -0.25) is 10.1 Å². The van der Waals surface area contributed by atoms with Gasteiger partial charge in [0.05, 0.1) is 12.0 Å². The Morgan fingerprint density at radius 3 is 2.76 bits per heavy atom. The number of anilines is 1. The molecular formula is C10H16N4O3. The molecule has 1 aromatic heterocycles. The number of nitrogens with two attached hydrogens (primary N) is 1. The van der Waals surface area contributed by atoms with Crippen molar-refractivity contribution in [2.75, 3.05) is 31.6 Å². The first-order chi connectivity index (χ1) is 8.13. The smallest absolute Gasteiger partial charge is 0.311 e. The normalized spacial score (nSPS) is 10.1. The van der Waals surface area contributed by atoms with Gasteiger partial charge in [0.15, 0.2) is 0 Å². The summed E-state index contributed by atoms with van der Waals surface area (Å²) in [5.74, 6) is 0.642. The monoisotopic (exact) mass is 240 g/mol. The van der Waals surface area contributed by atoms with Gasteiger partial charge in [0.2, 0.25) is 11.7 Å². The minimum absolute atomic E-state index is 0.0406. The van der Waals surface area contributed by atoms with Crippen LogP contribution < -0.4 is 15.4 Å². The number of nitro groups is 1. The third-order valence-electron chi connectivity index (χ3n) is 2.32. The Balaban J connectivity index is 3.19. The van der Waals surface area contributed by atoms with E-state index in [1.165, 1.54) is 19.2 Å². The van der Waals surface area contributed by atoms with Crippen LogP contribution in [-0.4, -0.2) is 36.7 Å². The van der Waals surface area contributed by atoms with Crippen LogP contribution in [-0.2, 0) is 0 Å². The number of nitrogens with zero attached hydrogens (tertiary/aromatic N) is 3. The van der Waals surface area contributed by atoms with Crippen LogP contribution in [0.5, 0.6) is 5.88 Å². The zero-order valence-electron chi connectivity index (χ0n) is 9.92. The third kappa shape index (κ3) is 3.04. The van der Waals surface area contributed by atoms with E-state index in [2.05, 4.69) is 4.98 Å². The van der Waals surface area contributed by atoms with Gasteiger partial charge in [-0.2, -0.15) is 4.98 Å². The molecule has 0 amide bonds. The summed E-state index contributed by atoms with van der Waals surface area (Å²) in [7, 11) is 1.47. The lowest BCUT2D eigenvalue weighted by molar-refractivity contribution is -0.384. The summed E-state index contributed by atoms with van der Waals surface area (Å²) in [5, 5.41) is 10.9. The first kappa shape index (κ1) is 13.2. The molecule has 1 heterocycles. The van der Waals surface area contributed by atoms with Gasteiger partial charge in [-0.05, 0) is 6.92 Å². The van der Waals surface area contributed by atoms with Gasteiger partial charge >= 0.3 is 5.69 Å².